The molecule has 1 aromatic heterocycles. The zero-order valence-electron chi connectivity index (χ0n) is 10.9. The first-order valence-corrected chi connectivity index (χ1v) is 7.50. The van der Waals surface area contributed by atoms with Gasteiger partial charge in [0.2, 0.25) is 10.0 Å². The van der Waals surface area contributed by atoms with Crippen molar-refractivity contribution in [1.82, 2.24) is 10.3 Å². The van der Waals surface area contributed by atoms with Crippen molar-refractivity contribution in [2.24, 2.45) is 5.14 Å². The summed E-state index contributed by atoms with van der Waals surface area (Å²) in [5.74, 6) is -0.544. The van der Waals surface area contributed by atoms with Crippen molar-refractivity contribution in [3.63, 3.8) is 0 Å². The van der Waals surface area contributed by atoms with Crippen molar-refractivity contribution in [1.29, 1.82) is 0 Å². The maximum Gasteiger partial charge on any atom is 0.260 e. The lowest BCUT2D eigenvalue weighted by atomic mass is 10.2. The van der Waals surface area contributed by atoms with Crippen LogP contribution in [0.4, 0.5) is 0 Å². The second kappa shape index (κ2) is 5.90. The van der Waals surface area contributed by atoms with Crippen molar-refractivity contribution in [2.75, 3.05) is 0 Å². The van der Waals surface area contributed by atoms with Crippen LogP contribution in [0.2, 0.25) is 0 Å². The van der Waals surface area contributed by atoms with Gasteiger partial charge in [0.25, 0.3) is 11.5 Å². The lowest BCUT2D eigenvalue weighted by Crippen LogP contribution is -2.28. The molecule has 4 N–H and O–H groups in total. The zero-order valence-corrected chi connectivity index (χ0v) is 11.7. The molecule has 2 aromatic rings. The Morgan fingerprint density at radius 3 is 2.67 bits per heavy atom. The number of carbonyl (C=O) groups excluding carboxylic acids is 1. The molecule has 7 nitrogen and oxygen atoms in total. The van der Waals surface area contributed by atoms with Gasteiger partial charge in [0.05, 0.1) is 4.90 Å². The smallest absolute Gasteiger partial charge is 0.260 e. The van der Waals surface area contributed by atoms with E-state index >= 15 is 0 Å². The molecule has 2 rings (SSSR count). The van der Waals surface area contributed by atoms with Gasteiger partial charge in [-0.3, -0.25) is 9.59 Å². The number of primary sulfonamides is 1. The quantitative estimate of drug-likeness (QED) is 0.733. The van der Waals surface area contributed by atoms with E-state index in [4.69, 9.17) is 5.14 Å². The van der Waals surface area contributed by atoms with E-state index < -0.39 is 21.5 Å². The lowest BCUT2D eigenvalue weighted by Gasteiger charge is -2.06. The van der Waals surface area contributed by atoms with E-state index in [1.165, 1.54) is 36.5 Å². The molecule has 110 valence electrons. The van der Waals surface area contributed by atoms with Crippen molar-refractivity contribution in [3.8, 4) is 0 Å². The molecule has 0 spiro atoms. The van der Waals surface area contributed by atoms with Gasteiger partial charge in [-0.1, -0.05) is 12.1 Å². The monoisotopic (exact) mass is 307 g/mol. The van der Waals surface area contributed by atoms with E-state index in [1.807, 2.05) is 0 Å². The summed E-state index contributed by atoms with van der Waals surface area (Å²) >= 11 is 0. The summed E-state index contributed by atoms with van der Waals surface area (Å²) in [6.07, 6.45) is 1.43. The number of aromatic amines is 1. The number of nitrogens with two attached hydrogens (primary N) is 1. The maximum atomic E-state index is 11.8. The summed E-state index contributed by atoms with van der Waals surface area (Å²) in [5.41, 5.74) is 0.0515. The van der Waals surface area contributed by atoms with E-state index in [0.29, 0.717) is 5.56 Å². The predicted octanol–water partition coefficient (Wildman–Crippen LogP) is -0.0477. The number of hydrogen-bond donors (Lipinski definition) is 3. The van der Waals surface area contributed by atoms with Crippen LogP contribution in [0.3, 0.4) is 0 Å². The third-order valence-electron chi connectivity index (χ3n) is 2.74. The Balaban J connectivity index is 2.12. The van der Waals surface area contributed by atoms with Gasteiger partial charge in [0.15, 0.2) is 0 Å². The number of aromatic nitrogens is 1. The maximum absolute atomic E-state index is 11.8. The van der Waals surface area contributed by atoms with Crippen LogP contribution in [0.1, 0.15) is 15.9 Å². The summed E-state index contributed by atoms with van der Waals surface area (Å²) in [7, 11) is -3.79. The fraction of sp³-hybridized carbons (Fsp3) is 0.0769. The van der Waals surface area contributed by atoms with Crippen molar-refractivity contribution in [2.45, 2.75) is 11.4 Å². The first-order valence-electron chi connectivity index (χ1n) is 5.95. The Kier molecular flexibility index (Phi) is 4.20. The van der Waals surface area contributed by atoms with Crippen LogP contribution in [0.5, 0.6) is 0 Å². The molecule has 0 aliphatic heterocycles. The molecule has 0 radical (unpaired) electrons. The van der Waals surface area contributed by atoms with Crippen LogP contribution in [0, 0.1) is 0 Å². The molecule has 0 aliphatic carbocycles. The fourth-order valence-corrected chi connectivity index (χ4v) is 2.29. The van der Waals surface area contributed by atoms with Crippen LogP contribution in [-0.4, -0.2) is 19.3 Å². The molecule has 1 amide bonds. The molecule has 1 heterocycles. The Morgan fingerprint density at radius 1 is 1.24 bits per heavy atom. The molecular formula is C13H13N3O4S. The van der Waals surface area contributed by atoms with Gasteiger partial charge < -0.3 is 10.3 Å². The Morgan fingerprint density at radius 2 is 2.00 bits per heavy atom. The van der Waals surface area contributed by atoms with Gasteiger partial charge in [-0.05, 0) is 29.8 Å². The number of sulfonamides is 1. The van der Waals surface area contributed by atoms with Crippen molar-refractivity contribution in [3.05, 3.63) is 64.1 Å². The molecular weight excluding hydrogens is 294 g/mol. The topological polar surface area (TPSA) is 122 Å². The standard InChI is InChI=1S/C13H13N3O4S/c14-21(19,20)10-4-1-3-9(7-10)8-16-13(18)11-5-2-6-15-12(11)17/h1-7H,8H2,(H,15,17)(H,16,18)(H2,14,19,20). The zero-order chi connectivity index (χ0) is 15.5. The lowest BCUT2D eigenvalue weighted by molar-refractivity contribution is 0.0949. The minimum absolute atomic E-state index is 0.0138. The van der Waals surface area contributed by atoms with Gasteiger partial charge in [-0.25, -0.2) is 13.6 Å². The van der Waals surface area contributed by atoms with Gasteiger partial charge in [0, 0.05) is 12.7 Å². The third-order valence-corrected chi connectivity index (χ3v) is 3.65. The van der Waals surface area contributed by atoms with Gasteiger partial charge >= 0.3 is 0 Å². The molecule has 0 saturated heterocycles. The third kappa shape index (κ3) is 3.77. The molecule has 0 aliphatic rings. The summed E-state index contributed by atoms with van der Waals surface area (Å²) in [6.45, 7) is 0.0799. The second-order valence-corrected chi connectivity index (χ2v) is 5.85. The van der Waals surface area contributed by atoms with Gasteiger partial charge in [0.1, 0.15) is 5.56 Å². The molecule has 0 saturated carbocycles. The number of benzene rings is 1. The van der Waals surface area contributed by atoms with Crippen molar-refractivity contribution < 1.29 is 13.2 Å². The second-order valence-electron chi connectivity index (χ2n) is 4.29. The molecule has 8 heteroatoms. The van der Waals surface area contributed by atoms with E-state index in [0.717, 1.165) is 0 Å². The number of carbonyl (C=O) groups is 1. The van der Waals surface area contributed by atoms with Crippen LogP contribution in [-0.2, 0) is 16.6 Å². The highest BCUT2D eigenvalue weighted by atomic mass is 32.2. The van der Waals surface area contributed by atoms with Crippen LogP contribution >= 0.6 is 0 Å². The van der Waals surface area contributed by atoms with Gasteiger partial charge in [-0.2, -0.15) is 0 Å². The number of rotatable bonds is 4. The predicted molar refractivity (Wildman–Crippen MR) is 76.0 cm³/mol. The van der Waals surface area contributed by atoms with Crippen molar-refractivity contribution >= 4 is 15.9 Å². The number of hydrogen-bond acceptors (Lipinski definition) is 4. The minimum atomic E-state index is -3.79. The molecule has 0 atom stereocenters. The van der Waals surface area contributed by atoms with E-state index in [1.54, 1.807) is 6.07 Å². The Labute approximate surface area is 120 Å². The highest BCUT2D eigenvalue weighted by Crippen LogP contribution is 2.09. The van der Waals surface area contributed by atoms with E-state index in [-0.39, 0.29) is 17.0 Å². The highest BCUT2D eigenvalue weighted by Gasteiger charge is 2.11. The Bertz CT molecular complexity index is 827. The molecule has 0 bridgehead atoms. The first-order chi connectivity index (χ1) is 9.88. The number of nitrogens with one attached hydrogen (secondary N) is 2. The molecule has 1 aromatic carbocycles. The van der Waals surface area contributed by atoms with E-state index in [9.17, 15) is 18.0 Å². The fourth-order valence-electron chi connectivity index (χ4n) is 1.71. The normalized spacial score (nSPS) is 11.1. The summed E-state index contributed by atoms with van der Waals surface area (Å²) in [6, 6.07) is 8.83. The molecule has 0 fully saturated rings. The average Bonchev–Trinajstić information content (AvgIpc) is 2.45. The summed E-state index contributed by atoms with van der Waals surface area (Å²) in [5, 5.41) is 7.57. The van der Waals surface area contributed by atoms with Crippen LogP contribution in [0.25, 0.3) is 0 Å². The average molecular weight is 307 g/mol. The van der Waals surface area contributed by atoms with Crippen LogP contribution < -0.4 is 16.0 Å². The number of pyridine rings is 1. The SMILES string of the molecule is NS(=O)(=O)c1cccc(CNC(=O)c2ccc[nH]c2=O)c1. The molecule has 21 heavy (non-hydrogen) atoms. The summed E-state index contributed by atoms with van der Waals surface area (Å²) < 4.78 is 22.5. The highest BCUT2D eigenvalue weighted by molar-refractivity contribution is 7.89. The largest absolute Gasteiger partial charge is 0.348 e. The first kappa shape index (κ1) is 14.9. The van der Waals surface area contributed by atoms with E-state index in [2.05, 4.69) is 10.3 Å². The van der Waals surface area contributed by atoms with Crippen LogP contribution in [0.15, 0.2) is 52.3 Å². The minimum Gasteiger partial charge on any atom is -0.348 e. The Hall–Kier alpha value is -2.45. The summed E-state index contributed by atoms with van der Waals surface area (Å²) in [4.78, 5) is 25.7. The molecule has 0 unspecified atom stereocenters. The van der Waals surface area contributed by atoms with Gasteiger partial charge in [-0.15, -0.1) is 0 Å². The number of H-pyrrole nitrogens is 1. The number of amides is 1.